The molecule has 0 aliphatic heterocycles. The highest BCUT2D eigenvalue weighted by molar-refractivity contribution is 14.0. The molecule has 0 fully saturated rings. The van der Waals surface area contributed by atoms with E-state index >= 15 is 0 Å². The summed E-state index contributed by atoms with van der Waals surface area (Å²) in [6.45, 7) is 8.99. The molecular weight excluding hydrogens is 371 g/mol. The van der Waals surface area contributed by atoms with Crippen LogP contribution in [0.5, 0.6) is 0 Å². The number of aliphatic imine (C=N–C) groups is 1. The lowest BCUT2D eigenvalue weighted by atomic mass is 10.3. The molecule has 0 atom stereocenters. The van der Waals surface area contributed by atoms with Crippen LogP contribution in [-0.2, 0) is 12.8 Å². The lowest BCUT2D eigenvalue weighted by molar-refractivity contribution is 0.784. The van der Waals surface area contributed by atoms with Gasteiger partial charge in [0.15, 0.2) is 5.96 Å². The monoisotopic (exact) mass is 396 g/mol. The van der Waals surface area contributed by atoms with Crippen LogP contribution in [0, 0.1) is 0 Å². The van der Waals surface area contributed by atoms with Crippen molar-refractivity contribution in [3.63, 3.8) is 0 Å². The van der Waals surface area contributed by atoms with Gasteiger partial charge in [-0.15, -0.1) is 35.3 Å². The van der Waals surface area contributed by atoms with Gasteiger partial charge in [-0.1, -0.05) is 13.8 Å². The van der Waals surface area contributed by atoms with E-state index in [1.54, 1.807) is 11.3 Å². The van der Waals surface area contributed by atoms with Crippen molar-refractivity contribution in [2.24, 2.45) is 4.99 Å². The molecular formula is C13H25IN4S. The molecule has 1 rings (SSSR count). The highest BCUT2D eigenvalue weighted by Gasteiger charge is 2.01. The maximum absolute atomic E-state index is 4.55. The normalized spacial score (nSPS) is 11.0. The van der Waals surface area contributed by atoms with Crippen LogP contribution in [0.15, 0.2) is 10.4 Å². The molecule has 1 heterocycles. The zero-order valence-electron chi connectivity index (χ0n) is 12.0. The summed E-state index contributed by atoms with van der Waals surface area (Å²) >= 11 is 1.75. The van der Waals surface area contributed by atoms with Crippen LogP contribution < -0.4 is 10.6 Å². The third-order valence-corrected chi connectivity index (χ3v) is 3.46. The van der Waals surface area contributed by atoms with E-state index in [4.69, 9.17) is 0 Å². The molecule has 110 valence electrons. The molecule has 0 aromatic carbocycles. The van der Waals surface area contributed by atoms with Gasteiger partial charge >= 0.3 is 0 Å². The Bertz CT molecular complexity index is 365. The number of thiazole rings is 1. The van der Waals surface area contributed by atoms with Crippen molar-refractivity contribution >= 4 is 41.3 Å². The standard InChI is InChI=1S/C13H24N4S.HI/c1-4-8-15-13(14-6-3)16-9-7-11-10-18-12(5-2)17-11;/h10H,4-9H2,1-3H3,(H2,14,15,16);1H. The number of halogens is 1. The van der Waals surface area contributed by atoms with E-state index in [0.717, 1.165) is 44.9 Å². The van der Waals surface area contributed by atoms with E-state index in [2.05, 4.69) is 46.8 Å². The summed E-state index contributed by atoms with van der Waals surface area (Å²) < 4.78 is 0. The summed E-state index contributed by atoms with van der Waals surface area (Å²) in [7, 11) is 0. The number of hydrogen-bond donors (Lipinski definition) is 2. The van der Waals surface area contributed by atoms with Crippen molar-refractivity contribution in [1.29, 1.82) is 0 Å². The third-order valence-electron chi connectivity index (χ3n) is 2.41. The lowest BCUT2D eigenvalue weighted by Crippen LogP contribution is -2.38. The number of nitrogens with one attached hydrogen (secondary N) is 2. The lowest BCUT2D eigenvalue weighted by Gasteiger charge is -2.10. The van der Waals surface area contributed by atoms with Gasteiger partial charge in [0.1, 0.15) is 0 Å². The molecule has 0 saturated heterocycles. The molecule has 0 spiro atoms. The molecule has 2 N–H and O–H groups in total. The van der Waals surface area contributed by atoms with Crippen LogP contribution in [0.1, 0.15) is 37.9 Å². The second-order valence-electron chi connectivity index (χ2n) is 4.02. The minimum Gasteiger partial charge on any atom is -0.357 e. The van der Waals surface area contributed by atoms with Crippen LogP contribution >= 0.6 is 35.3 Å². The van der Waals surface area contributed by atoms with E-state index in [9.17, 15) is 0 Å². The third kappa shape index (κ3) is 7.71. The van der Waals surface area contributed by atoms with Gasteiger partial charge in [-0.25, -0.2) is 4.98 Å². The van der Waals surface area contributed by atoms with Crippen LogP contribution in [0.3, 0.4) is 0 Å². The van der Waals surface area contributed by atoms with Crippen molar-refractivity contribution in [3.05, 3.63) is 16.1 Å². The van der Waals surface area contributed by atoms with Gasteiger partial charge < -0.3 is 10.6 Å². The second kappa shape index (κ2) is 11.5. The van der Waals surface area contributed by atoms with Crippen LogP contribution in [0.4, 0.5) is 0 Å². The number of hydrogen-bond acceptors (Lipinski definition) is 3. The van der Waals surface area contributed by atoms with Gasteiger partial charge in [0.25, 0.3) is 0 Å². The highest BCUT2D eigenvalue weighted by Crippen LogP contribution is 2.10. The molecule has 0 bridgehead atoms. The first-order valence-corrected chi connectivity index (χ1v) is 7.63. The first kappa shape index (κ1) is 18.6. The van der Waals surface area contributed by atoms with E-state index < -0.39 is 0 Å². The van der Waals surface area contributed by atoms with Crippen LogP contribution in [-0.4, -0.2) is 30.6 Å². The molecule has 0 aliphatic rings. The minimum atomic E-state index is 0. The smallest absolute Gasteiger partial charge is 0.191 e. The number of aryl methyl sites for hydroxylation is 1. The van der Waals surface area contributed by atoms with Gasteiger partial charge in [-0.05, 0) is 19.8 Å². The summed E-state index contributed by atoms with van der Waals surface area (Å²) in [6.07, 6.45) is 3.05. The molecule has 0 radical (unpaired) electrons. The predicted molar refractivity (Wildman–Crippen MR) is 94.9 cm³/mol. The largest absolute Gasteiger partial charge is 0.357 e. The van der Waals surface area contributed by atoms with Gasteiger partial charge in [0, 0.05) is 31.4 Å². The summed E-state index contributed by atoms with van der Waals surface area (Å²) in [5.74, 6) is 0.908. The van der Waals surface area contributed by atoms with E-state index in [0.29, 0.717) is 0 Å². The number of aromatic nitrogens is 1. The van der Waals surface area contributed by atoms with Crippen LogP contribution in [0.25, 0.3) is 0 Å². The van der Waals surface area contributed by atoms with E-state index in [1.807, 2.05) is 0 Å². The first-order chi connectivity index (χ1) is 8.80. The highest BCUT2D eigenvalue weighted by atomic mass is 127. The Kier molecular flexibility index (Phi) is 11.2. The van der Waals surface area contributed by atoms with Gasteiger partial charge in [0.2, 0.25) is 0 Å². The zero-order valence-corrected chi connectivity index (χ0v) is 15.2. The maximum atomic E-state index is 4.55. The fourth-order valence-electron chi connectivity index (χ4n) is 1.50. The van der Waals surface area contributed by atoms with E-state index in [1.165, 1.54) is 10.7 Å². The predicted octanol–water partition coefficient (Wildman–Crippen LogP) is 2.83. The van der Waals surface area contributed by atoms with Crippen molar-refractivity contribution in [1.82, 2.24) is 15.6 Å². The Morgan fingerprint density at radius 2 is 2.11 bits per heavy atom. The Balaban J connectivity index is 0.00000324. The van der Waals surface area contributed by atoms with Crippen molar-refractivity contribution in [2.45, 2.75) is 40.0 Å². The summed E-state index contributed by atoms with van der Waals surface area (Å²) in [4.78, 5) is 9.01. The average molecular weight is 396 g/mol. The molecule has 4 nitrogen and oxygen atoms in total. The Hall–Kier alpha value is -0.370. The average Bonchev–Trinajstić information content (AvgIpc) is 2.84. The topological polar surface area (TPSA) is 49.3 Å². The Morgan fingerprint density at radius 3 is 2.68 bits per heavy atom. The number of rotatable bonds is 7. The van der Waals surface area contributed by atoms with Crippen molar-refractivity contribution in [3.8, 4) is 0 Å². The van der Waals surface area contributed by atoms with Gasteiger partial charge in [-0.3, -0.25) is 4.99 Å². The molecule has 0 saturated carbocycles. The SMILES string of the molecule is CCCN=C(NCC)NCCc1csc(CC)n1.I. The molecule has 0 aliphatic carbocycles. The molecule has 19 heavy (non-hydrogen) atoms. The zero-order chi connectivity index (χ0) is 13.2. The van der Waals surface area contributed by atoms with Gasteiger partial charge in [-0.2, -0.15) is 0 Å². The molecule has 6 heteroatoms. The maximum Gasteiger partial charge on any atom is 0.191 e. The fraction of sp³-hybridized carbons (Fsp3) is 0.692. The second-order valence-corrected chi connectivity index (χ2v) is 4.97. The minimum absolute atomic E-state index is 0. The van der Waals surface area contributed by atoms with E-state index in [-0.39, 0.29) is 24.0 Å². The Labute approximate surface area is 137 Å². The molecule has 0 amide bonds. The molecule has 1 aromatic rings. The molecule has 1 aromatic heterocycles. The van der Waals surface area contributed by atoms with Crippen molar-refractivity contribution < 1.29 is 0 Å². The summed E-state index contributed by atoms with van der Waals surface area (Å²) in [6, 6.07) is 0. The first-order valence-electron chi connectivity index (χ1n) is 6.75. The number of nitrogens with zero attached hydrogens (tertiary/aromatic N) is 2. The summed E-state index contributed by atoms with van der Waals surface area (Å²) in [5, 5.41) is 9.94. The molecule has 0 unspecified atom stereocenters. The quantitative estimate of drug-likeness (QED) is 0.423. The fourth-order valence-corrected chi connectivity index (χ4v) is 2.28. The number of guanidine groups is 1. The Morgan fingerprint density at radius 1 is 1.32 bits per heavy atom. The summed E-state index contributed by atoms with van der Waals surface area (Å²) in [5.41, 5.74) is 1.18. The van der Waals surface area contributed by atoms with Crippen LogP contribution in [0.2, 0.25) is 0 Å². The van der Waals surface area contributed by atoms with Gasteiger partial charge in [0.05, 0.1) is 10.7 Å². The van der Waals surface area contributed by atoms with Crippen molar-refractivity contribution in [2.75, 3.05) is 19.6 Å².